The van der Waals surface area contributed by atoms with Crippen LogP contribution in [0, 0.1) is 0 Å². The van der Waals surface area contributed by atoms with E-state index in [4.69, 9.17) is 9.47 Å². The van der Waals surface area contributed by atoms with Gasteiger partial charge in [-0.1, -0.05) is 13.3 Å². The number of carbonyl (C=O) groups excluding carboxylic acids is 1. The van der Waals surface area contributed by atoms with E-state index < -0.39 is 0 Å². The van der Waals surface area contributed by atoms with Crippen LogP contribution in [0.1, 0.15) is 33.1 Å². The molecule has 0 amide bonds. The number of carbonyl (C=O) groups is 1. The first kappa shape index (κ1) is 12.5. The normalized spacial score (nSPS) is 27.7. The van der Waals surface area contributed by atoms with Crippen LogP contribution in [0.2, 0.25) is 0 Å². The standard InChI is InChI=1S/C11H21NO3/c1-4-5-8(2)15-11(13)10-6-9(14-3)7-12-10/h8-10,12H,4-7H2,1-3H3. The van der Waals surface area contributed by atoms with Gasteiger partial charge in [0.25, 0.3) is 0 Å². The number of hydrogen-bond acceptors (Lipinski definition) is 4. The Morgan fingerprint density at radius 1 is 1.60 bits per heavy atom. The SMILES string of the molecule is CCCC(C)OC(=O)C1CC(OC)CN1. The highest BCUT2D eigenvalue weighted by molar-refractivity contribution is 5.76. The molecule has 15 heavy (non-hydrogen) atoms. The lowest BCUT2D eigenvalue weighted by Gasteiger charge is -2.15. The van der Waals surface area contributed by atoms with E-state index in [9.17, 15) is 4.79 Å². The predicted molar refractivity (Wildman–Crippen MR) is 57.7 cm³/mol. The minimum atomic E-state index is -0.186. The monoisotopic (exact) mass is 215 g/mol. The van der Waals surface area contributed by atoms with Gasteiger partial charge in [-0.15, -0.1) is 0 Å². The molecule has 0 aromatic carbocycles. The Labute approximate surface area is 91.3 Å². The van der Waals surface area contributed by atoms with Gasteiger partial charge in [0.15, 0.2) is 0 Å². The van der Waals surface area contributed by atoms with Gasteiger partial charge in [0.05, 0.1) is 12.2 Å². The van der Waals surface area contributed by atoms with Crippen molar-refractivity contribution in [2.45, 2.75) is 51.4 Å². The summed E-state index contributed by atoms with van der Waals surface area (Å²) in [5.74, 6) is -0.143. The molecule has 1 fully saturated rings. The Balaban J connectivity index is 2.29. The highest BCUT2D eigenvalue weighted by atomic mass is 16.5. The Kier molecular flexibility index (Phi) is 5.05. The molecule has 3 unspecified atom stereocenters. The molecule has 0 saturated carbocycles. The summed E-state index contributed by atoms with van der Waals surface area (Å²) in [5, 5.41) is 3.11. The number of nitrogens with one attached hydrogen (secondary N) is 1. The second-order valence-electron chi connectivity index (χ2n) is 4.09. The highest BCUT2D eigenvalue weighted by Crippen LogP contribution is 2.12. The van der Waals surface area contributed by atoms with Crippen molar-refractivity contribution in [3.05, 3.63) is 0 Å². The van der Waals surface area contributed by atoms with Gasteiger partial charge in [-0.05, 0) is 13.3 Å². The summed E-state index contributed by atoms with van der Waals surface area (Å²) >= 11 is 0. The van der Waals surface area contributed by atoms with Crippen molar-refractivity contribution in [1.29, 1.82) is 0 Å². The summed E-state index contributed by atoms with van der Waals surface area (Å²) < 4.78 is 10.5. The summed E-state index contributed by atoms with van der Waals surface area (Å²) in [6.07, 6.45) is 2.84. The second-order valence-corrected chi connectivity index (χ2v) is 4.09. The average Bonchev–Trinajstić information content (AvgIpc) is 2.66. The van der Waals surface area contributed by atoms with Crippen molar-refractivity contribution in [1.82, 2.24) is 5.32 Å². The molecule has 4 heteroatoms. The molecule has 1 heterocycles. The van der Waals surface area contributed by atoms with Crippen molar-refractivity contribution < 1.29 is 14.3 Å². The first-order valence-electron chi connectivity index (χ1n) is 5.64. The largest absolute Gasteiger partial charge is 0.462 e. The molecule has 1 aliphatic rings. The molecule has 0 aromatic heterocycles. The van der Waals surface area contributed by atoms with Gasteiger partial charge in [0, 0.05) is 20.1 Å². The topological polar surface area (TPSA) is 47.6 Å². The number of methoxy groups -OCH3 is 1. The van der Waals surface area contributed by atoms with E-state index >= 15 is 0 Å². The van der Waals surface area contributed by atoms with Gasteiger partial charge in [0.1, 0.15) is 6.04 Å². The minimum absolute atomic E-state index is 0.0193. The van der Waals surface area contributed by atoms with Gasteiger partial charge in [-0.3, -0.25) is 4.79 Å². The van der Waals surface area contributed by atoms with E-state index in [1.807, 2.05) is 6.92 Å². The molecule has 0 bridgehead atoms. The maximum Gasteiger partial charge on any atom is 0.323 e. The van der Waals surface area contributed by atoms with Crippen LogP contribution < -0.4 is 5.32 Å². The van der Waals surface area contributed by atoms with Crippen LogP contribution >= 0.6 is 0 Å². The average molecular weight is 215 g/mol. The van der Waals surface area contributed by atoms with Crippen LogP contribution in [-0.4, -0.2) is 37.9 Å². The molecule has 1 rings (SSSR count). The Morgan fingerprint density at radius 3 is 2.87 bits per heavy atom. The molecule has 0 radical (unpaired) electrons. The lowest BCUT2D eigenvalue weighted by Crippen LogP contribution is -2.34. The van der Waals surface area contributed by atoms with Gasteiger partial charge < -0.3 is 14.8 Å². The Bertz CT molecular complexity index is 208. The third-order valence-corrected chi connectivity index (χ3v) is 2.72. The van der Waals surface area contributed by atoms with Crippen LogP contribution in [0.25, 0.3) is 0 Å². The molecular formula is C11H21NO3. The molecule has 0 spiro atoms. The molecule has 4 nitrogen and oxygen atoms in total. The van der Waals surface area contributed by atoms with E-state index in [0.717, 1.165) is 19.4 Å². The summed E-state index contributed by atoms with van der Waals surface area (Å²) in [7, 11) is 1.67. The van der Waals surface area contributed by atoms with Crippen molar-refractivity contribution >= 4 is 5.97 Å². The zero-order chi connectivity index (χ0) is 11.3. The van der Waals surface area contributed by atoms with E-state index in [0.29, 0.717) is 6.42 Å². The number of ether oxygens (including phenoxy) is 2. The smallest absolute Gasteiger partial charge is 0.323 e. The summed E-state index contributed by atoms with van der Waals surface area (Å²) in [5.41, 5.74) is 0. The third-order valence-electron chi connectivity index (χ3n) is 2.72. The van der Waals surface area contributed by atoms with Gasteiger partial charge in [0.2, 0.25) is 0 Å². The molecular weight excluding hydrogens is 194 g/mol. The number of esters is 1. The van der Waals surface area contributed by atoms with Gasteiger partial charge >= 0.3 is 5.97 Å². The van der Waals surface area contributed by atoms with Crippen molar-refractivity contribution in [2.24, 2.45) is 0 Å². The van der Waals surface area contributed by atoms with Crippen LogP contribution in [0.4, 0.5) is 0 Å². The molecule has 0 aromatic rings. The fraction of sp³-hybridized carbons (Fsp3) is 0.909. The maximum absolute atomic E-state index is 11.7. The van der Waals surface area contributed by atoms with Gasteiger partial charge in [-0.2, -0.15) is 0 Å². The van der Waals surface area contributed by atoms with Crippen molar-refractivity contribution in [3.63, 3.8) is 0 Å². The molecule has 1 aliphatic heterocycles. The minimum Gasteiger partial charge on any atom is -0.462 e. The molecule has 88 valence electrons. The maximum atomic E-state index is 11.7. The summed E-state index contributed by atoms with van der Waals surface area (Å²) in [6, 6.07) is -0.186. The fourth-order valence-corrected chi connectivity index (χ4v) is 1.81. The second kappa shape index (κ2) is 6.08. The summed E-state index contributed by atoms with van der Waals surface area (Å²) in [6.45, 7) is 4.75. The van der Waals surface area contributed by atoms with Crippen molar-refractivity contribution in [2.75, 3.05) is 13.7 Å². The third kappa shape index (κ3) is 3.80. The first-order chi connectivity index (χ1) is 7.17. The fourth-order valence-electron chi connectivity index (χ4n) is 1.81. The lowest BCUT2D eigenvalue weighted by atomic mass is 10.2. The van der Waals surface area contributed by atoms with E-state index in [-0.39, 0.29) is 24.2 Å². The lowest BCUT2D eigenvalue weighted by molar-refractivity contribution is -0.150. The van der Waals surface area contributed by atoms with Crippen LogP contribution in [0.5, 0.6) is 0 Å². The Morgan fingerprint density at radius 2 is 2.33 bits per heavy atom. The Hall–Kier alpha value is -0.610. The highest BCUT2D eigenvalue weighted by Gasteiger charge is 2.31. The quantitative estimate of drug-likeness (QED) is 0.698. The zero-order valence-electron chi connectivity index (χ0n) is 9.79. The summed E-state index contributed by atoms with van der Waals surface area (Å²) in [4.78, 5) is 11.7. The predicted octanol–water partition coefficient (Wildman–Crippen LogP) is 1.10. The van der Waals surface area contributed by atoms with Crippen molar-refractivity contribution in [3.8, 4) is 0 Å². The first-order valence-corrected chi connectivity index (χ1v) is 5.64. The number of hydrogen-bond donors (Lipinski definition) is 1. The van der Waals surface area contributed by atoms with E-state index in [1.165, 1.54) is 0 Å². The number of rotatable bonds is 5. The van der Waals surface area contributed by atoms with Crippen LogP contribution in [0.3, 0.4) is 0 Å². The van der Waals surface area contributed by atoms with E-state index in [1.54, 1.807) is 7.11 Å². The van der Waals surface area contributed by atoms with Gasteiger partial charge in [-0.25, -0.2) is 0 Å². The van der Waals surface area contributed by atoms with E-state index in [2.05, 4.69) is 12.2 Å². The van der Waals surface area contributed by atoms with Crippen LogP contribution in [0.15, 0.2) is 0 Å². The zero-order valence-corrected chi connectivity index (χ0v) is 9.79. The molecule has 1 N–H and O–H groups in total. The molecule has 0 aliphatic carbocycles. The molecule has 1 saturated heterocycles. The van der Waals surface area contributed by atoms with Crippen LogP contribution in [-0.2, 0) is 14.3 Å². The molecule has 3 atom stereocenters.